The highest BCUT2D eigenvalue weighted by molar-refractivity contribution is 4.57. The fourth-order valence-corrected chi connectivity index (χ4v) is 0.582. The maximum Gasteiger partial charge on any atom is 0.531 e. The van der Waals surface area contributed by atoms with Gasteiger partial charge in [-0.1, -0.05) is 4.68 Å². The second-order valence-electron chi connectivity index (χ2n) is 1.88. The summed E-state index contributed by atoms with van der Waals surface area (Å²) in [5.41, 5.74) is 4.21. The summed E-state index contributed by atoms with van der Waals surface area (Å²) >= 11 is 0. The van der Waals surface area contributed by atoms with Gasteiger partial charge in [-0.3, -0.25) is 0 Å². The molecular weight excluding hydrogens is 102 g/mol. The van der Waals surface area contributed by atoms with E-state index in [2.05, 4.69) is 16.2 Å². The van der Waals surface area contributed by atoms with Crippen molar-refractivity contribution in [3.8, 4) is 0 Å². The Kier molecular flexibility index (Phi) is 1.04. The van der Waals surface area contributed by atoms with Gasteiger partial charge in [0.2, 0.25) is 0 Å². The summed E-state index contributed by atoms with van der Waals surface area (Å²) in [6.07, 6.45) is 2.05. The third-order valence-corrected chi connectivity index (χ3v) is 1.28. The van der Waals surface area contributed by atoms with Crippen LogP contribution in [-0.2, 0) is 7.05 Å². The van der Waals surface area contributed by atoms with Gasteiger partial charge in [0.25, 0.3) is 0 Å². The minimum Gasteiger partial charge on any atom is -0.196 e. The molecule has 8 heavy (non-hydrogen) atoms. The van der Waals surface area contributed by atoms with Gasteiger partial charge in [-0.25, -0.2) is 0 Å². The van der Waals surface area contributed by atoms with Crippen LogP contribution in [0.25, 0.3) is 0 Å². The number of hydrazine groups is 1. The number of nitrogens with one attached hydrogen (secondary N) is 1. The second-order valence-corrected chi connectivity index (χ2v) is 1.88. The lowest BCUT2D eigenvalue weighted by atomic mass is 11.0. The molecular formula is C5H11N3+2. The van der Waals surface area contributed by atoms with Gasteiger partial charge in [0.15, 0.2) is 7.05 Å². The van der Waals surface area contributed by atoms with E-state index in [4.69, 9.17) is 0 Å². The quantitative estimate of drug-likeness (QED) is 0.327. The van der Waals surface area contributed by atoms with Crippen molar-refractivity contribution in [1.82, 2.24) is 10.1 Å². The zero-order valence-corrected chi connectivity index (χ0v) is 5.47. The van der Waals surface area contributed by atoms with Crippen LogP contribution in [0.15, 0.2) is 6.20 Å². The smallest absolute Gasteiger partial charge is 0.196 e. The highest BCUT2D eigenvalue weighted by Crippen LogP contribution is 1.50. The van der Waals surface area contributed by atoms with Gasteiger partial charge in [0, 0.05) is 0 Å². The van der Waals surface area contributed by atoms with E-state index < -0.39 is 0 Å². The van der Waals surface area contributed by atoms with Crippen LogP contribution in [0.1, 0.15) is 0 Å². The monoisotopic (exact) mass is 113 g/mol. The summed E-state index contributed by atoms with van der Waals surface area (Å²) in [5.74, 6) is 0. The van der Waals surface area contributed by atoms with Crippen LogP contribution in [0.2, 0.25) is 0 Å². The lowest BCUT2D eigenvalue weighted by molar-refractivity contribution is -0.623. The van der Waals surface area contributed by atoms with E-state index in [1.54, 1.807) is 0 Å². The summed E-state index contributed by atoms with van der Waals surface area (Å²) in [4.78, 5) is 0. The van der Waals surface area contributed by atoms with Crippen LogP contribution >= 0.6 is 0 Å². The first-order chi connectivity index (χ1) is 3.75. The van der Waals surface area contributed by atoms with Crippen LogP contribution in [0.4, 0.5) is 0 Å². The van der Waals surface area contributed by atoms with Crippen LogP contribution in [0.3, 0.4) is 0 Å². The zero-order valence-electron chi connectivity index (χ0n) is 5.47. The molecule has 0 aliphatic heterocycles. The Morgan fingerprint density at radius 1 is 1.75 bits per heavy atom. The summed E-state index contributed by atoms with van der Waals surface area (Å²) in [5, 5.41) is 0. The summed E-state index contributed by atoms with van der Waals surface area (Å²) in [6.45, 7) is 0. The SMILES string of the molecule is CN[N+](C)=c1c[n+]1C. The van der Waals surface area contributed by atoms with E-state index in [9.17, 15) is 0 Å². The Balaban J connectivity index is 2.85. The van der Waals surface area contributed by atoms with Gasteiger partial charge in [-0.15, -0.1) is 4.57 Å². The highest BCUT2D eigenvalue weighted by atomic mass is 15.4. The lowest BCUT2D eigenvalue weighted by Gasteiger charge is -1.80. The molecule has 3 nitrogen and oxygen atoms in total. The maximum absolute atomic E-state index is 2.98. The molecule has 0 saturated heterocycles. The molecule has 0 aromatic carbocycles. The lowest BCUT2D eigenvalue weighted by Crippen LogP contribution is -2.39. The Morgan fingerprint density at radius 3 is 2.38 bits per heavy atom. The van der Waals surface area contributed by atoms with Gasteiger partial charge in [0.05, 0.1) is 7.05 Å². The van der Waals surface area contributed by atoms with Gasteiger partial charge >= 0.3 is 11.7 Å². The van der Waals surface area contributed by atoms with E-state index in [1.165, 1.54) is 5.49 Å². The van der Waals surface area contributed by atoms with Crippen molar-refractivity contribution in [1.29, 1.82) is 0 Å². The third-order valence-electron chi connectivity index (χ3n) is 1.28. The third kappa shape index (κ3) is 0.710. The average Bonchev–Trinajstić information content (AvgIpc) is 2.45. The van der Waals surface area contributed by atoms with Crippen LogP contribution < -0.4 is 20.2 Å². The molecule has 0 unspecified atom stereocenters. The number of hydrogen-bond acceptors (Lipinski definition) is 1. The predicted octanol–water partition coefficient (Wildman–Crippen LogP) is -2.08. The largest absolute Gasteiger partial charge is 0.531 e. The van der Waals surface area contributed by atoms with Crippen molar-refractivity contribution in [2.45, 2.75) is 0 Å². The molecule has 0 fully saturated rings. The molecule has 0 atom stereocenters. The van der Waals surface area contributed by atoms with Gasteiger partial charge in [-0.2, -0.15) is 5.43 Å². The number of aryl methyl sites for hydroxylation is 1. The van der Waals surface area contributed by atoms with Crippen LogP contribution in [-0.4, -0.2) is 14.1 Å². The predicted molar refractivity (Wildman–Crippen MR) is 30.2 cm³/mol. The molecule has 0 spiro atoms. The Labute approximate surface area is 48.5 Å². The van der Waals surface area contributed by atoms with E-state index in [0.29, 0.717) is 0 Å². The van der Waals surface area contributed by atoms with E-state index >= 15 is 0 Å². The first-order valence-electron chi connectivity index (χ1n) is 2.61. The van der Waals surface area contributed by atoms with Crippen LogP contribution in [0.5, 0.6) is 0 Å². The molecule has 3 heteroatoms. The Morgan fingerprint density at radius 2 is 2.25 bits per heavy atom. The zero-order chi connectivity index (χ0) is 6.15. The molecule has 1 heterocycles. The number of aromatic nitrogens is 1. The first kappa shape index (κ1) is 5.28. The van der Waals surface area contributed by atoms with E-state index in [-0.39, 0.29) is 0 Å². The Hall–Kier alpha value is -0.860. The van der Waals surface area contributed by atoms with Crippen LogP contribution in [0, 0.1) is 0 Å². The van der Waals surface area contributed by atoms with Crippen molar-refractivity contribution >= 4 is 0 Å². The highest BCUT2D eigenvalue weighted by Gasteiger charge is 2.21. The first-order valence-corrected chi connectivity index (χ1v) is 2.61. The molecule has 0 aliphatic rings. The summed E-state index contributed by atoms with van der Waals surface area (Å²) < 4.78 is 4.01. The fraction of sp³-hybridized carbons (Fsp3) is 0.600. The van der Waals surface area contributed by atoms with Gasteiger partial charge < -0.3 is 0 Å². The molecule has 0 saturated carbocycles. The number of hydrogen-bond donors (Lipinski definition) is 1. The molecule has 0 bridgehead atoms. The van der Waals surface area contributed by atoms with Crippen molar-refractivity contribution < 1.29 is 4.57 Å². The van der Waals surface area contributed by atoms with E-state index in [0.717, 1.165) is 0 Å². The normalized spacial score (nSPS) is 14.4. The molecule has 0 aliphatic carbocycles. The summed E-state index contributed by atoms with van der Waals surface area (Å²) in [6, 6.07) is 0. The van der Waals surface area contributed by atoms with Gasteiger partial charge in [-0.05, 0) is 0 Å². The van der Waals surface area contributed by atoms with Gasteiger partial charge in [0.1, 0.15) is 7.05 Å². The molecule has 0 radical (unpaired) electrons. The topological polar surface area (TPSA) is 18.9 Å². The average molecular weight is 113 g/mol. The molecule has 1 aromatic heterocycles. The molecule has 0 amide bonds. The number of nitrogens with zero attached hydrogens (tertiary/aromatic N) is 2. The molecule has 1 rings (SSSR count). The maximum atomic E-state index is 2.98. The number of rotatable bonds is 1. The van der Waals surface area contributed by atoms with E-state index in [1.807, 2.05) is 25.8 Å². The summed E-state index contributed by atoms with van der Waals surface area (Å²) in [7, 11) is 5.89. The van der Waals surface area contributed by atoms with Crippen molar-refractivity contribution in [2.24, 2.45) is 7.05 Å². The minimum atomic E-state index is 1.23. The van der Waals surface area contributed by atoms with Crippen molar-refractivity contribution in [3.63, 3.8) is 0 Å². The minimum absolute atomic E-state index is 1.23. The van der Waals surface area contributed by atoms with Crippen molar-refractivity contribution in [2.75, 3.05) is 14.1 Å². The molecule has 1 aromatic rings. The standard InChI is InChI=1S/C5H10N3/c1-6-8(3)5-4-7(5)2/h4H,1-3H3/q+1/p+1. The molecule has 44 valence electrons. The Bertz CT molecular complexity index is 205. The molecule has 1 N–H and O–H groups in total. The second kappa shape index (κ2) is 1.58. The van der Waals surface area contributed by atoms with Crippen molar-refractivity contribution in [3.05, 3.63) is 11.7 Å². The fourth-order valence-electron chi connectivity index (χ4n) is 0.582.